The Morgan fingerprint density at radius 2 is 2.00 bits per heavy atom. The Labute approximate surface area is 129 Å². The lowest BCUT2D eigenvalue weighted by atomic mass is 10.3. The van der Waals surface area contributed by atoms with Crippen molar-refractivity contribution in [3.63, 3.8) is 0 Å². The number of guanidine groups is 1. The summed E-state index contributed by atoms with van der Waals surface area (Å²) in [4.78, 5) is 7.34. The van der Waals surface area contributed by atoms with E-state index in [1.165, 1.54) is 32.2 Å². The second kappa shape index (κ2) is 9.26. The topological polar surface area (TPSA) is 48.9 Å². The van der Waals surface area contributed by atoms with Crippen LogP contribution in [0.15, 0.2) is 4.99 Å². The fourth-order valence-corrected chi connectivity index (χ4v) is 2.51. The maximum Gasteiger partial charge on any atom is 0.191 e. The molecule has 2 aliphatic carbocycles. The van der Waals surface area contributed by atoms with Gasteiger partial charge in [0.05, 0.1) is 13.2 Å². The average molecular weight is 296 g/mol. The minimum atomic E-state index is 0.733. The maximum absolute atomic E-state index is 5.34. The Morgan fingerprint density at radius 1 is 1.19 bits per heavy atom. The molecule has 0 spiro atoms. The molecule has 122 valence electrons. The van der Waals surface area contributed by atoms with E-state index in [0.29, 0.717) is 0 Å². The molecule has 0 aromatic carbocycles. The predicted molar refractivity (Wildman–Crippen MR) is 87.8 cm³/mol. The molecular formula is C16H32N4O. The minimum Gasteiger partial charge on any atom is -0.380 e. The first-order valence-electron chi connectivity index (χ1n) is 8.67. The van der Waals surface area contributed by atoms with Crippen LogP contribution >= 0.6 is 0 Å². The normalized spacial score (nSPS) is 19.1. The van der Waals surface area contributed by atoms with E-state index in [-0.39, 0.29) is 0 Å². The lowest BCUT2D eigenvalue weighted by Crippen LogP contribution is -2.40. The SMILES string of the molecule is CCNC(=NCCN(CC1CC1)C1CC1)NCCOCC. The van der Waals surface area contributed by atoms with Gasteiger partial charge >= 0.3 is 0 Å². The first-order chi connectivity index (χ1) is 10.3. The van der Waals surface area contributed by atoms with Crippen molar-refractivity contribution in [2.75, 3.05) is 45.9 Å². The van der Waals surface area contributed by atoms with Gasteiger partial charge in [-0.15, -0.1) is 0 Å². The third-order valence-electron chi connectivity index (χ3n) is 4.00. The van der Waals surface area contributed by atoms with Crippen LogP contribution in [0.2, 0.25) is 0 Å². The number of nitrogens with one attached hydrogen (secondary N) is 2. The van der Waals surface area contributed by atoms with Gasteiger partial charge in [-0.05, 0) is 45.4 Å². The highest BCUT2D eigenvalue weighted by molar-refractivity contribution is 5.79. The van der Waals surface area contributed by atoms with E-state index in [1.807, 2.05) is 6.92 Å². The molecule has 2 fully saturated rings. The molecule has 2 N–H and O–H groups in total. The number of hydrogen-bond acceptors (Lipinski definition) is 3. The van der Waals surface area contributed by atoms with E-state index >= 15 is 0 Å². The van der Waals surface area contributed by atoms with Crippen LogP contribution in [0.4, 0.5) is 0 Å². The lowest BCUT2D eigenvalue weighted by molar-refractivity contribution is 0.152. The van der Waals surface area contributed by atoms with Gasteiger partial charge in [0, 0.05) is 38.8 Å². The molecule has 5 heteroatoms. The van der Waals surface area contributed by atoms with Crippen molar-refractivity contribution in [2.45, 2.75) is 45.6 Å². The van der Waals surface area contributed by atoms with E-state index in [2.05, 4.69) is 27.4 Å². The summed E-state index contributed by atoms with van der Waals surface area (Å²) in [6, 6.07) is 0.856. The molecule has 0 saturated heterocycles. The third kappa shape index (κ3) is 7.14. The average Bonchev–Trinajstić information content (AvgIpc) is 3.36. The van der Waals surface area contributed by atoms with E-state index in [9.17, 15) is 0 Å². The highest BCUT2D eigenvalue weighted by Crippen LogP contribution is 2.34. The molecule has 0 aromatic rings. The molecule has 5 nitrogen and oxygen atoms in total. The zero-order chi connectivity index (χ0) is 14.9. The summed E-state index contributed by atoms with van der Waals surface area (Å²) in [6.45, 7) is 10.6. The van der Waals surface area contributed by atoms with Gasteiger partial charge in [0.2, 0.25) is 0 Å². The second-order valence-electron chi connectivity index (χ2n) is 6.05. The maximum atomic E-state index is 5.34. The number of hydrogen-bond donors (Lipinski definition) is 2. The van der Waals surface area contributed by atoms with E-state index in [0.717, 1.165) is 57.3 Å². The Balaban J connectivity index is 1.66. The standard InChI is InChI=1S/C16H32N4O/c1-3-17-16(19-10-12-21-4-2)18-9-11-20(15-7-8-15)13-14-5-6-14/h14-15H,3-13H2,1-2H3,(H2,17,18,19). The highest BCUT2D eigenvalue weighted by atomic mass is 16.5. The summed E-state index contributed by atoms with van der Waals surface area (Å²) in [5, 5.41) is 6.62. The first-order valence-corrected chi connectivity index (χ1v) is 8.67. The molecule has 0 heterocycles. The molecule has 0 aliphatic heterocycles. The summed E-state index contributed by atoms with van der Waals surface area (Å²) >= 11 is 0. The molecule has 21 heavy (non-hydrogen) atoms. The van der Waals surface area contributed by atoms with Crippen molar-refractivity contribution in [2.24, 2.45) is 10.9 Å². The quantitative estimate of drug-likeness (QED) is 0.344. The number of nitrogens with zero attached hydrogens (tertiary/aromatic N) is 2. The van der Waals surface area contributed by atoms with Gasteiger partial charge in [0.25, 0.3) is 0 Å². The molecule has 0 bridgehead atoms. The smallest absolute Gasteiger partial charge is 0.191 e. The minimum absolute atomic E-state index is 0.733. The second-order valence-corrected chi connectivity index (χ2v) is 6.05. The molecule has 0 unspecified atom stereocenters. The van der Waals surface area contributed by atoms with Gasteiger partial charge in [0.1, 0.15) is 0 Å². The first kappa shape index (κ1) is 16.6. The zero-order valence-electron chi connectivity index (χ0n) is 13.7. The Hall–Kier alpha value is -0.810. The summed E-state index contributed by atoms with van der Waals surface area (Å²) in [7, 11) is 0. The molecule has 0 atom stereocenters. The molecule has 2 rings (SSSR count). The summed E-state index contributed by atoms with van der Waals surface area (Å²) in [5.74, 6) is 1.89. The summed E-state index contributed by atoms with van der Waals surface area (Å²) in [5.41, 5.74) is 0. The van der Waals surface area contributed by atoms with Gasteiger partial charge in [-0.1, -0.05) is 0 Å². The fraction of sp³-hybridized carbons (Fsp3) is 0.938. The van der Waals surface area contributed by atoms with Crippen molar-refractivity contribution in [1.82, 2.24) is 15.5 Å². The number of rotatable bonds is 11. The van der Waals surface area contributed by atoms with Crippen molar-refractivity contribution in [3.05, 3.63) is 0 Å². The lowest BCUT2D eigenvalue weighted by Gasteiger charge is -2.21. The molecule has 2 saturated carbocycles. The Morgan fingerprint density at radius 3 is 2.62 bits per heavy atom. The van der Waals surface area contributed by atoms with Crippen LogP contribution in [0.3, 0.4) is 0 Å². The summed E-state index contributed by atoms with van der Waals surface area (Å²) < 4.78 is 5.34. The van der Waals surface area contributed by atoms with Crippen molar-refractivity contribution in [1.29, 1.82) is 0 Å². The van der Waals surface area contributed by atoms with Crippen LogP contribution in [0.25, 0.3) is 0 Å². The van der Waals surface area contributed by atoms with E-state index in [1.54, 1.807) is 0 Å². The van der Waals surface area contributed by atoms with Gasteiger partial charge in [-0.2, -0.15) is 0 Å². The summed E-state index contributed by atoms with van der Waals surface area (Å²) in [6.07, 6.45) is 5.66. The van der Waals surface area contributed by atoms with Crippen LogP contribution < -0.4 is 10.6 Å². The van der Waals surface area contributed by atoms with Crippen LogP contribution in [0.5, 0.6) is 0 Å². The van der Waals surface area contributed by atoms with Crippen LogP contribution in [0.1, 0.15) is 39.5 Å². The van der Waals surface area contributed by atoms with Crippen molar-refractivity contribution < 1.29 is 4.74 Å². The van der Waals surface area contributed by atoms with Crippen molar-refractivity contribution >= 4 is 5.96 Å². The van der Waals surface area contributed by atoms with Crippen LogP contribution in [0, 0.1) is 5.92 Å². The highest BCUT2D eigenvalue weighted by Gasteiger charge is 2.33. The number of aliphatic imine (C=N–C) groups is 1. The molecule has 0 aromatic heterocycles. The van der Waals surface area contributed by atoms with Gasteiger partial charge in [0.15, 0.2) is 5.96 Å². The molecular weight excluding hydrogens is 264 g/mol. The van der Waals surface area contributed by atoms with E-state index in [4.69, 9.17) is 4.74 Å². The van der Waals surface area contributed by atoms with Gasteiger partial charge < -0.3 is 15.4 Å². The largest absolute Gasteiger partial charge is 0.380 e. The monoisotopic (exact) mass is 296 g/mol. The Bertz CT molecular complexity index is 313. The predicted octanol–water partition coefficient (Wildman–Crippen LogP) is 1.45. The van der Waals surface area contributed by atoms with E-state index < -0.39 is 0 Å². The van der Waals surface area contributed by atoms with Gasteiger partial charge in [-0.3, -0.25) is 9.89 Å². The molecule has 0 amide bonds. The molecule has 0 radical (unpaired) electrons. The number of ether oxygens (including phenoxy) is 1. The van der Waals surface area contributed by atoms with Crippen LogP contribution in [-0.4, -0.2) is 62.8 Å². The fourth-order valence-electron chi connectivity index (χ4n) is 2.51. The third-order valence-corrected chi connectivity index (χ3v) is 4.00. The zero-order valence-corrected chi connectivity index (χ0v) is 13.7. The molecule has 2 aliphatic rings. The van der Waals surface area contributed by atoms with Gasteiger partial charge in [-0.25, -0.2) is 0 Å². The van der Waals surface area contributed by atoms with Crippen LogP contribution in [-0.2, 0) is 4.74 Å². The van der Waals surface area contributed by atoms with Crippen molar-refractivity contribution in [3.8, 4) is 0 Å². The Kier molecular flexibility index (Phi) is 7.30.